The summed E-state index contributed by atoms with van der Waals surface area (Å²) in [4.78, 5) is 0. The minimum absolute atomic E-state index is 0.0897. The van der Waals surface area contributed by atoms with Gasteiger partial charge in [0, 0.05) is 0 Å². The first-order valence-corrected chi connectivity index (χ1v) is 17.6. The van der Waals surface area contributed by atoms with Crippen molar-refractivity contribution in [3.8, 4) is 23.0 Å². The summed E-state index contributed by atoms with van der Waals surface area (Å²) in [7, 11) is -7.72. The van der Waals surface area contributed by atoms with Gasteiger partial charge in [-0.15, -0.1) is 0 Å². The minimum Gasteiger partial charge on any atom is -0.416 e. The van der Waals surface area contributed by atoms with Crippen LogP contribution in [-0.4, -0.2) is 0 Å². The van der Waals surface area contributed by atoms with Crippen molar-refractivity contribution in [3.63, 3.8) is 0 Å². The average Bonchev–Trinajstić information content (AvgIpc) is 3.03. The third-order valence-corrected chi connectivity index (χ3v) is 10.2. The first kappa shape index (κ1) is 29.3. The fourth-order valence-corrected chi connectivity index (χ4v) is 8.31. The van der Waals surface area contributed by atoms with Gasteiger partial charge in [0.25, 0.3) is 0 Å². The quantitative estimate of drug-likeness (QED) is 0.127. The zero-order valence-electron chi connectivity index (χ0n) is 23.8. The molecule has 220 valence electrons. The van der Waals surface area contributed by atoms with E-state index in [0.29, 0.717) is 34.1 Å². The van der Waals surface area contributed by atoms with E-state index in [2.05, 4.69) is 0 Å². The summed E-state index contributed by atoms with van der Waals surface area (Å²) in [5.41, 5.74) is 1.29. The normalized spacial score (nSPS) is 11.5. The van der Waals surface area contributed by atoms with E-state index in [1.54, 1.807) is 48.5 Å². The second kappa shape index (κ2) is 13.3. The van der Waals surface area contributed by atoms with Crippen LogP contribution >= 0.6 is 15.2 Å². The second-order valence-electron chi connectivity index (χ2n) is 10.1. The smallest absolute Gasteiger partial charge is 0.416 e. The number of hydrogen-bond acceptors (Lipinski definition) is 6. The monoisotopic (exact) mass is 620 g/mol. The molecule has 0 N–H and O–H groups in total. The number of rotatable bonds is 12. The maximum Gasteiger partial charge on any atom is 0.435 e. The highest BCUT2D eigenvalue weighted by atomic mass is 31.2. The van der Waals surface area contributed by atoms with Crippen molar-refractivity contribution < 1.29 is 27.2 Å². The molecule has 6 aromatic rings. The van der Waals surface area contributed by atoms with Crippen molar-refractivity contribution in [3.05, 3.63) is 169 Å². The fraction of sp³-hybridized carbons (Fsp3) is 0.0556. The van der Waals surface area contributed by atoms with Gasteiger partial charge in [-0.25, -0.2) is 9.13 Å². The van der Waals surface area contributed by atoms with Gasteiger partial charge < -0.3 is 18.1 Å². The molecule has 0 atom stereocenters. The molecule has 0 unspecified atom stereocenters. The van der Waals surface area contributed by atoms with Gasteiger partial charge in [-0.1, -0.05) is 109 Å². The predicted molar refractivity (Wildman–Crippen MR) is 175 cm³/mol. The Labute approximate surface area is 256 Å². The third kappa shape index (κ3) is 7.60. The second-order valence-corrected chi connectivity index (χ2v) is 13.9. The molecule has 0 spiro atoms. The van der Waals surface area contributed by atoms with Crippen molar-refractivity contribution in [2.45, 2.75) is 12.3 Å². The van der Waals surface area contributed by atoms with E-state index in [1.807, 2.05) is 109 Å². The summed E-state index contributed by atoms with van der Waals surface area (Å²) < 4.78 is 53.6. The van der Waals surface area contributed by atoms with Crippen LogP contribution in [0.1, 0.15) is 11.1 Å². The van der Waals surface area contributed by atoms with Crippen LogP contribution in [0.2, 0.25) is 0 Å². The number of hydrogen-bond donors (Lipinski definition) is 0. The van der Waals surface area contributed by atoms with Crippen LogP contribution in [0.15, 0.2) is 158 Å². The Kier molecular flexibility index (Phi) is 8.84. The summed E-state index contributed by atoms with van der Waals surface area (Å²) in [6.07, 6.45) is -0.179. The number of benzene rings is 6. The molecule has 44 heavy (non-hydrogen) atoms. The van der Waals surface area contributed by atoms with Crippen LogP contribution < -0.4 is 18.1 Å². The molecular formula is C36H30O6P2. The summed E-state index contributed by atoms with van der Waals surface area (Å²) >= 11 is 0. The lowest BCUT2D eigenvalue weighted by molar-refractivity contribution is 0.381. The molecular weight excluding hydrogens is 590 g/mol. The third-order valence-electron chi connectivity index (χ3n) is 6.75. The molecule has 0 saturated carbocycles. The van der Waals surface area contributed by atoms with Crippen molar-refractivity contribution >= 4 is 26.0 Å². The molecule has 0 aromatic heterocycles. The van der Waals surface area contributed by atoms with E-state index in [1.165, 1.54) is 0 Å². The van der Waals surface area contributed by atoms with E-state index in [9.17, 15) is 9.13 Å². The summed E-state index contributed by atoms with van der Waals surface area (Å²) in [6, 6.07) is 47.5. The largest absolute Gasteiger partial charge is 0.435 e. The number of para-hydroxylation sites is 4. The van der Waals surface area contributed by atoms with E-state index < -0.39 is 15.2 Å². The highest BCUT2D eigenvalue weighted by Crippen LogP contribution is 2.55. The molecule has 0 heterocycles. The van der Waals surface area contributed by atoms with E-state index in [-0.39, 0.29) is 12.3 Å². The lowest BCUT2D eigenvalue weighted by Crippen LogP contribution is -2.09. The molecule has 6 nitrogen and oxygen atoms in total. The van der Waals surface area contributed by atoms with Gasteiger partial charge in [-0.2, -0.15) is 0 Å². The maximum absolute atomic E-state index is 14.6. The Hall–Kier alpha value is -4.76. The molecule has 0 amide bonds. The van der Waals surface area contributed by atoms with Crippen molar-refractivity contribution in [2.75, 3.05) is 0 Å². The lowest BCUT2D eigenvalue weighted by Gasteiger charge is -2.24. The van der Waals surface area contributed by atoms with Crippen LogP contribution in [-0.2, 0) is 21.5 Å². The Morgan fingerprint density at radius 3 is 0.886 bits per heavy atom. The fourth-order valence-electron chi connectivity index (χ4n) is 4.78. The molecule has 6 aromatic carbocycles. The number of fused-ring (bicyclic) bond motifs is 1. The van der Waals surface area contributed by atoms with E-state index in [4.69, 9.17) is 18.1 Å². The first-order chi connectivity index (χ1) is 21.5. The SMILES string of the molecule is O=P(Cc1cc2ccccc2cc1CP(=O)(Oc1ccccc1)Oc1ccccc1)(Oc1ccccc1)Oc1ccccc1. The highest BCUT2D eigenvalue weighted by Gasteiger charge is 2.34. The summed E-state index contributed by atoms with van der Waals surface area (Å²) in [6.45, 7) is 0. The summed E-state index contributed by atoms with van der Waals surface area (Å²) in [5, 5.41) is 1.86. The van der Waals surface area contributed by atoms with Gasteiger partial charge in [0.1, 0.15) is 23.0 Å². The van der Waals surface area contributed by atoms with Crippen LogP contribution in [0.25, 0.3) is 10.8 Å². The van der Waals surface area contributed by atoms with Gasteiger partial charge in [0.15, 0.2) is 0 Å². The molecule has 0 saturated heterocycles. The molecule has 0 aliphatic rings. The molecule has 0 bridgehead atoms. The Morgan fingerprint density at radius 1 is 0.364 bits per heavy atom. The van der Waals surface area contributed by atoms with Crippen molar-refractivity contribution in [1.29, 1.82) is 0 Å². The van der Waals surface area contributed by atoms with E-state index >= 15 is 0 Å². The molecule has 0 radical (unpaired) electrons. The molecule has 0 fully saturated rings. The van der Waals surface area contributed by atoms with Crippen LogP contribution in [0.3, 0.4) is 0 Å². The van der Waals surface area contributed by atoms with Crippen LogP contribution in [0.4, 0.5) is 0 Å². The first-order valence-electron chi connectivity index (χ1n) is 14.1. The Bertz CT molecular complexity index is 1680. The standard InChI is InChI=1S/C36H30O6P2/c37-43(39-33-17-5-1-6-18-33,40-34-19-7-2-8-20-34)27-31-25-29-15-13-14-16-30(29)26-32(31)28-44(38,41-35-21-9-3-10-22-35)42-36-23-11-4-12-24-36/h1-26H,27-28H2. The topological polar surface area (TPSA) is 71.1 Å². The molecule has 8 heteroatoms. The lowest BCUT2D eigenvalue weighted by atomic mass is 10.0. The predicted octanol–water partition coefficient (Wildman–Crippen LogP) is 10.5. The van der Waals surface area contributed by atoms with Gasteiger partial charge in [0.2, 0.25) is 0 Å². The zero-order valence-corrected chi connectivity index (χ0v) is 25.6. The van der Waals surface area contributed by atoms with E-state index in [0.717, 1.165) is 10.8 Å². The van der Waals surface area contributed by atoms with Crippen molar-refractivity contribution in [2.24, 2.45) is 0 Å². The van der Waals surface area contributed by atoms with Gasteiger partial charge >= 0.3 is 15.2 Å². The van der Waals surface area contributed by atoms with Gasteiger partial charge in [-0.05, 0) is 70.4 Å². The van der Waals surface area contributed by atoms with Gasteiger partial charge in [-0.3, -0.25) is 0 Å². The van der Waals surface area contributed by atoms with Crippen molar-refractivity contribution in [1.82, 2.24) is 0 Å². The van der Waals surface area contributed by atoms with Crippen LogP contribution in [0, 0.1) is 0 Å². The molecule has 0 aliphatic heterocycles. The average molecular weight is 621 g/mol. The van der Waals surface area contributed by atoms with Gasteiger partial charge in [0.05, 0.1) is 12.3 Å². The Morgan fingerprint density at radius 2 is 0.614 bits per heavy atom. The molecule has 0 aliphatic carbocycles. The highest BCUT2D eigenvalue weighted by molar-refractivity contribution is 7.54. The Balaban J connectivity index is 1.42. The zero-order chi connectivity index (χ0) is 30.2. The maximum atomic E-state index is 14.6. The minimum atomic E-state index is -3.86. The van der Waals surface area contributed by atoms with Crippen LogP contribution in [0.5, 0.6) is 23.0 Å². The summed E-state index contributed by atoms with van der Waals surface area (Å²) in [5.74, 6) is 1.67. The molecule has 6 rings (SSSR count).